The van der Waals surface area contributed by atoms with Crippen LogP contribution in [0.15, 0.2) is 59.4 Å². The molecule has 39 heavy (non-hydrogen) atoms. The van der Waals surface area contributed by atoms with E-state index < -0.39 is 5.60 Å². The first-order valence-electron chi connectivity index (χ1n) is 13.1. The molecular weight excluding hydrogens is 494 g/mol. The number of fused-ring (bicyclic) bond motifs is 1. The molecule has 6 rings (SSSR count). The van der Waals surface area contributed by atoms with E-state index >= 15 is 0 Å². The minimum atomic E-state index is -0.881. The van der Waals surface area contributed by atoms with E-state index in [1.807, 2.05) is 59.6 Å². The van der Waals surface area contributed by atoms with Crippen LogP contribution in [0.25, 0.3) is 22.8 Å². The van der Waals surface area contributed by atoms with Gasteiger partial charge in [0.2, 0.25) is 5.91 Å². The summed E-state index contributed by atoms with van der Waals surface area (Å²) < 4.78 is 12.6. The molecule has 2 aromatic carbocycles. The van der Waals surface area contributed by atoms with E-state index in [2.05, 4.69) is 15.2 Å². The maximum absolute atomic E-state index is 13.8. The number of amides is 1. The Morgan fingerprint density at radius 1 is 1.13 bits per heavy atom. The number of hydrogen-bond acceptors (Lipinski definition) is 7. The molecule has 1 saturated carbocycles. The van der Waals surface area contributed by atoms with Crippen LogP contribution >= 0.6 is 0 Å². The van der Waals surface area contributed by atoms with Gasteiger partial charge in [0.05, 0.1) is 44.1 Å². The van der Waals surface area contributed by atoms with Crippen molar-refractivity contribution in [3.05, 3.63) is 77.7 Å². The van der Waals surface area contributed by atoms with E-state index in [0.717, 1.165) is 52.4 Å². The number of aromatic nitrogens is 4. The van der Waals surface area contributed by atoms with Crippen molar-refractivity contribution in [1.29, 1.82) is 0 Å². The van der Waals surface area contributed by atoms with Crippen LogP contribution in [0.2, 0.25) is 0 Å². The molecule has 1 amide bonds. The first-order chi connectivity index (χ1) is 18.8. The summed E-state index contributed by atoms with van der Waals surface area (Å²) in [5.74, 6) is 2.19. The Morgan fingerprint density at radius 2 is 1.92 bits per heavy atom. The van der Waals surface area contributed by atoms with Gasteiger partial charge < -0.3 is 19.3 Å². The van der Waals surface area contributed by atoms with E-state index in [1.54, 1.807) is 31.8 Å². The van der Waals surface area contributed by atoms with Gasteiger partial charge in [-0.25, -0.2) is 0 Å². The molecule has 0 atom stereocenters. The van der Waals surface area contributed by atoms with Crippen molar-refractivity contribution in [2.24, 2.45) is 0 Å². The van der Waals surface area contributed by atoms with Crippen LogP contribution in [-0.4, -0.2) is 43.6 Å². The zero-order chi connectivity index (χ0) is 27.1. The summed E-state index contributed by atoms with van der Waals surface area (Å²) in [6, 6.07) is 13.8. The summed E-state index contributed by atoms with van der Waals surface area (Å²) in [6.45, 7) is 4.27. The van der Waals surface area contributed by atoms with Crippen molar-refractivity contribution in [3.8, 4) is 16.9 Å². The highest BCUT2D eigenvalue weighted by molar-refractivity contribution is 6.06. The predicted octanol–water partition coefficient (Wildman–Crippen LogP) is 5.07. The molecule has 2 aromatic heterocycles. The first-order valence-corrected chi connectivity index (χ1v) is 13.1. The Morgan fingerprint density at radius 3 is 2.64 bits per heavy atom. The second kappa shape index (κ2) is 9.81. The summed E-state index contributed by atoms with van der Waals surface area (Å²) >= 11 is 0. The number of carbonyl (C=O) groups is 1. The fourth-order valence-corrected chi connectivity index (χ4v) is 4.80. The molecule has 1 aliphatic carbocycles. The Bertz CT molecular complexity index is 1540. The molecule has 1 N–H and O–H groups in total. The molecular formula is C30H31N5O4. The molecule has 4 aromatic rings. The third-order valence-electron chi connectivity index (χ3n) is 6.97. The van der Waals surface area contributed by atoms with E-state index in [-0.39, 0.29) is 12.3 Å². The number of methoxy groups -OCH3 is 1. The van der Waals surface area contributed by atoms with Crippen molar-refractivity contribution < 1.29 is 19.2 Å². The van der Waals surface area contributed by atoms with Crippen LogP contribution in [-0.2, 0) is 17.9 Å². The van der Waals surface area contributed by atoms with Crippen molar-refractivity contribution in [1.82, 2.24) is 19.9 Å². The molecule has 200 valence electrons. The molecule has 0 spiro atoms. The zero-order valence-electron chi connectivity index (χ0n) is 22.3. The summed E-state index contributed by atoms with van der Waals surface area (Å²) in [4.78, 5) is 20.2. The smallest absolute Gasteiger partial charge is 0.254 e. The van der Waals surface area contributed by atoms with Crippen LogP contribution in [0.4, 0.5) is 5.69 Å². The van der Waals surface area contributed by atoms with Gasteiger partial charge in [0, 0.05) is 23.3 Å². The summed E-state index contributed by atoms with van der Waals surface area (Å²) in [6.07, 6.45) is 7.96. The van der Waals surface area contributed by atoms with E-state index in [9.17, 15) is 9.90 Å². The molecule has 0 saturated heterocycles. The minimum absolute atomic E-state index is 0.0585. The molecule has 2 aliphatic rings. The van der Waals surface area contributed by atoms with E-state index in [0.29, 0.717) is 30.5 Å². The molecule has 0 unspecified atom stereocenters. The molecule has 9 heteroatoms. The average molecular weight is 526 g/mol. The Hall–Kier alpha value is -4.24. The van der Waals surface area contributed by atoms with Gasteiger partial charge in [0.25, 0.3) is 5.89 Å². The molecule has 9 nitrogen and oxygen atoms in total. The van der Waals surface area contributed by atoms with Crippen LogP contribution in [0.3, 0.4) is 0 Å². The van der Waals surface area contributed by atoms with Gasteiger partial charge in [-0.3, -0.25) is 9.48 Å². The average Bonchev–Trinajstić information content (AvgIpc) is 3.50. The van der Waals surface area contributed by atoms with Crippen molar-refractivity contribution in [3.63, 3.8) is 0 Å². The van der Waals surface area contributed by atoms with Crippen LogP contribution < -0.4 is 9.64 Å². The first kappa shape index (κ1) is 25.1. The molecule has 0 bridgehead atoms. The van der Waals surface area contributed by atoms with Gasteiger partial charge >= 0.3 is 0 Å². The summed E-state index contributed by atoms with van der Waals surface area (Å²) in [7, 11) is 1.63. The van der Waals surface area contributed by atoms with Crippen molar-refractivity contribution in [2.75, 3.05) is 12.0 Å². The summed E-state index contributed by atoms with van der Waals surface area (Å²) in [5.41, 5.74) is 4.32. The van der Waals surface area contributed by atoms with E-state index in [1.165, 1.54) is 0 Å². The Kier molecular flexibility index (Phi) is 6.31. The minimum Gasteiger partial charge on any atom is -0.497 e. The van der Waals surface area contributed by atoms with Crippen molar-refractivity contribution >= 4 is 23.2 Å². The number of hydrogen-bond donors (Lipinski definition) is 1. The SMILES string of the molecule is COc1ccc(CN2C(=O)CC(c3nc(C4CC4)no3)=Cc3ccc(-c4cnn(CC(C)(C)O)c4)cc32)cc1. The van der Waals surface area contributed by atoms with Gasteiger partial charge in [0.1, 0.15) is 5.75 Å². The summed E-state index contributed by atoms with van der Waals surface area (Å²) in [5, 5.41) is 18.8. The predicted molar refractivity (Wildman–Crippen MR) is 147 cm³/mol. The third-order valence-corrected chi connectivity index (χ3v) is 6.97. The highest BCUT2D eigenvalue weighted by Crippen LogP contribution is 2.40. The van der Waals surface area contributed by atoms with Gasteiger partial charge in [-0.2, -0.15) is 10.1 Å². The van der Waals surface area contributed by atoms with Crippen LogP contribution in [0.5, 0.6) is 5.75 Å². The second-order valence-corrected chi connectivity index (χ2v) is 10.9. The fourth-order valence-electron chi connectivity index (χ4n) is 4.80. The molecule has 0 radical (unpaired) electrons. The number of rotatable bonds is 8. The monoisotopic (exact) mass is 525 g/mol. The highest BCUT2D eigenvalue weighted by Gasteiger charge is 2.31. The maximum atomic E-state index is 13.8. The quantitative estimate of drug-likeness (QED) is 0.342. The van der Waals surface area contributed by atoms with Gasteiger partial charge in [-0.05, 0) is 67.7 Å². The second-order valence-electron chi connectivity index (χ2n) is 10.9. The number of aliphatic hydroxyl groups is 1. The van der Waals surface area contributed by atoms with Crippen molar-refractivity contribution in [2.45, 2.75) is 57.7 Å². The molecule has 1 fully saturated rings. The lowest BCUT2D eigenvalue weighted by atomic mass is 10.0. The number of ether oxygens (including phenoxy) is 1. The number of carbonyl (C=O) groups excluding carboxylic acids is 1. The van der Waals surface area contributed by atoms with Gasteiger partial charge in [-0.1, -0.05) is 29.4 Å². The van der Waals surface area contributed by atoms with Crippen LogP contribution in [0, 0.1) is 0 Å². The topological polar surface area (TPSA) is 107 Å². The number of benzene rings is 2. The normalized spacial score (nSPS) is 15.6. The number of anilines is 1. The fraction of sp³-hybridized carbons (Fsp3) is 0.333. The standard InChI is InChI=1S/C30H31N5O4/c1-30(2,37)18-34-17-24(15-31-34)21-8-9-22-12-23(29-32-28(33-39-29)20-6-7-20)14-27(36)35(26(22)13-21)16-19-4-10-25(38-3)11-5-19/h4-5,8-13,15,17,20,37H,6-7,14,16,18H2,1-3H3. The lowest BCUT2D eigenvalue weighted by Crippen LogP contribution is -2.30. The van der Waals surface area contributed by atoms with Gasteiger partial charge in [0.15, 0.2) is 5.82 Å². The van der Waals surface area contributed by atoms with Crippen LogP contribution in [0.1, 0.15) is 61.9 Å². The highest BCUT2D eigenvalue weighted by atomic mass is 16.5. The molecule has 3 heterocycles. The number of nitrogens with zero attached hydrogens (tertiary/aromatic N) is 5. The Balaban J connectivity index is 1.38. The lowest BCUT2D eigenvalue weighted by molar-refractivity contribution is -0.117. The van der Waals surface area contributed by atoms with E-state index in [4.69, 9.17) is 9.26 Å². The largest absolute Gasteiger partial charge is 0.497 e. The molecule has 1 aliphatic heterocycles. The Labute approximate surface area is 226 Å². The third kappa shape index (κ3) is 5.49. The zero-order valence-corrected chi connectivity index (χ0v) is 22.3. The maximum Gasteiger partial charge on any atom is 0.254 e. The lowest BCUT2D eigenvalue weighted by Gasteiger charge is -2.24. The van der Waals surface area contributed by atoms with Gasteiger partial charge in [-0.15, -0.1) is 0 Å².